The van der Waals surface area contributed by atoms with Gasteiger partial charge in [-0.25, -0.2) is 0 Å². The van der Waals surface area contributed by atoms with Gasteiger partial charge in [-0.3, -0.25) is 0 Å². The molecule has 0 heterocycles. The van der Waals surface area contributed by atoms with E-state index in [0.29, 0.717) is 0 Å². The van der Waals surface area contributed by atoms with Crippen molar-refractivity contribution in [3.8, 4) is 0 Å². The normalized spacial score (nSPS) is 6.50. The Hall–Kier alpha value is 0.667. The second-order valence-electron chi connectivity index (χ2n) is 0.339. The summed E-state index contributed by atoms with van der Waals surface area (Å²) in [6, 6.07) is 0. The van der Waals surface area contributed by atoms with Crippen LogP contribution in [0.15, 0.2) is 0 Å². The monoisotopic (exact) mass is 112 g/mol. The molecular formula is CH2Cl2Si. The Labute approximate surface area is 36.0 Å². The Morgan fingerprint density at radius 2 is 1.50 bits per heavy atom. The van der Waals surface area contributed by atoms with Gasteiger partial charge in [0.1, 0.15) is 0 Å². The highest BCUT2D eigenvalue weighted by molar-refractivity contribution is 7.33. The van der Waals surface area contributed by atoms with Crippen molar-refractivity contribution in [1.29, 1.82) is 0 Å². The summed E-state index contributed by atoms with van der Waals surface area (Å²) in [7, 11) is -1.19. The van der Waals surface area contributed by atoms with Crippen LogP contribution in [-0.2, 0) is 0 Å². The van der Waals surface area contributed by atoms with Gasteiger partial charge in [0.25, 0.3) is 0 Å². The van der Waals surface area contributed by atoms with E-state index in [1.54, 1.807) is 0 Å². The molecule has 0 saturated carbocycles. The van der Waals surface area contributed by atoms with E-state index in [-0.39, 0.29) is 0 Å². The summed E-state index contributed by atoms with van der Waals surface area (Å²) < 4.78 is 0. The lowest BCUT2D eigenvalue weighted by atomic mass is 12.0. The average Bonchev–Trinajstić information content (AvgIpc) is 0.811. The summed E-state index contributed by atoms with van der Waals surface area (Å²) in [6.45, 7) is 0. The van der Waals surface area contributed by atoms with Gasteiger partial charge in [0.2, 0.25) is 7.03 Å². The van der Waals surface area contributed by atoms with Gasteiger partial charge in [-0.1, -0.05) is 6.17 Å². The van der Waals surface area contributed by atoms with Crippen LogP contribution in [0.1, 0.15) is 0 Å². The van der Waals surface area contributed by atoms with Crippen LogP contribution >= 0.6 is 22.2 Å². The van der Waals surface area contributed by atoms with Crippen LogP contribution < -0.4 is 0 Å². The summed E-state index contributed by atoms with van der Waals surface area (Å²) in [5.74, 6) is 0. The molecule has 0 spiro atoms. The van der Waals surface area contributed by atoms with E-state index in [4.69, 9.17) is 22.2 Å². The van der Waals surface area contributed by atoms with E-state index < -0.39 is 7.03 Å². The Morgan fingerprint density at radius 3 is 1.50 bits per heavy atom. The zero-order valence-corrected chi connectivity index (χ0v) is 4.47. The van der Waals surface area contributed by atoms with Gasteiger partial charge in [0.05, 0.1) is 0 Å². The van der Waals surface area contributed by atoms with Gasteiger partial charge < -0.3 is 0 Å². The number of hydrogen-bond donors (Lipinski definition) is 0. The maximum absolute atomic E-state index is 5.03. The minimum absolute atomic E-state index is 1.19. The van der Waals surface area contributed by atoms with Crippen LogP contribution in [-0.4, -0.2) is 13.2 Å². The molecule has 0 fully saturated rings. The third kappa shape index (κ3) is 16.7. The van der Waals surface area contributed by atoms with Crippen molar-refractivity contribution in [3.05, 3.63) is 0 Å². The third-order valence-electron chi connectivity index (χ3n) is 0. The maximum atomic E-state index is 5.03. The number of halogens is 2. The quantitative estimate of drug-likeness (QED) is 0.324. The zero-order chi connectivity index (χ0) is 3.58. The average molecular weight is 113 g/mol. The van der Waals surface area contributed by atoms with Crippen molar-refractivity contribution in [2.45, 2.75) is 0 Å². The van der Waals surface area contributed by atoms with Gasteiger partial charge in [-0.2, -0.15) is 0 Å². The molecule has 0 aromatic rings. The first-order chi connectivity index (χ1) is 1.73. The molecule has 0 aliphatic rings. The lowest BCUT2D eigenvalue weighted by Gasteiger charge is -1.53. The minimum atomic E-state index is -1.19. The molecule has 0 aromatic carbocycles. The van der Waals surface area contributed by atoms with Crippen molar-refractivity contribution < 1.29 is 0 Å². The predicted molar refractivity (Wildman–Crippen MR) is 24.6 cm³/mol. The second kappa shape index (κ2) is 1.94. The minimum Gasteiger partial charge on any atom is -0.118 e. The van der Waals surface area contributed by atoms with E-state index in [9.17, 15) is 0 Å². The Kier molecular flexibility index (Phi) is 2.26. The van der Waals surface area contributed by atoms with E-state index >= 15 is 0 Å². The first kappa shape index (κ1) is 4.67. The van der Waals surface area contributed by atoms with Gasteiger partial charge in [-0.15, -0.1) is 22.2 Å². The Morgan fingerprint density at radius 1 is 1.50 bits per heavy atom. The molecule has 0 saturated heterocycles. The van der Waals surface area contributed by atoms with Crippen LogP contribution in [0.3, 0.4) is 0 Å². The fourth-order valence-electron chi connectivity index (χ4n) is 0. The third-order valence-corrected chi connectivity index (χ3v) is 0. The molecule has 0 aromatic heterocycles. The molecule has 0 bridgehead atoms. The molecule has 0 nitrogen and oxygen atoms in total. The molecule has 4 heavy (non-hydrogen) atoms. The molecule has 0 aliphatic carbocycles. The van der Waals surface area contributed by atoms with Crippen molar-refractivity contribution in [1.82, 2.24) is 0 Å². The van der Waals surface area contributed by atoms with Gasteiger partial charge in [-0.05, 0) is 0 Å². The first-order valence-corrected chi connectivity index (χ1v) is 4.46. The van der Waals surface area contributed by atoms with Crippen molar-refractivity contribution in [2.75, 3.05) is 0 Å². The molecule has 0 radical (unpaired) electrons. The summed E-state index contributed by atoms with van der Waals surface area (Å²) in [4.78, 5) is 0. The standard InChI is InChI=1S/CH2Cl2Si/c1-4(2)3/h1H2. The van der Waals surface area contributed by atoms with E-state index in [1.807, 2.05) is 0 Å². The zero-order valence-electron chi connectivity index (χ0n) is 1.96. The lowest BCUT2D eigenvalue weighted by molar-refractivity contribution is 4.08. The fraction of sp³-hybridized carbons (Fsp3) is 0. The summed E-state index contributed by atoms with van der Waals surface area (Å²) in [6.07, 6.45) is 3.27. The maximum Gasteiger partial charge on any atom is 0.225 e. The topological polar surface area (TPSA) is 0 Å². The van der Waals surface area contributed by atoms with Crippen molar-refractivity contribution in [2.24, 2.45) is 0 Å². The van der Waals surface area contributed by atoms with Gasteiger partial charge in [0.15, 0.2) is 0 Å². The first-order valence-electron chi connectivity index (χ1n) is 0.732. The SMILES string of the molecule is C=[Si](Cl)Cl. The largest absolute Gasteiger partial charge is 0.225 e. The molecule has 24 valence electrons. The lowest BCUT2D eigenvalue weighted by Crippen LogP contribution is -1.62. The molecule has 0 aliphatic heterocycles. The van der Waals surface area contributed by atoms with Crippen LogP contribution in [0.4, 0.5) is 0 Å². The molecule has 0 unspecified atom stereocenters. The van der Waals surface area contributed by atoms with E-state index in [0.717, 1.165) is 0 Å². The molecule has 3 heteroatoms. The molecule has 0 atom stereocenters. The summed E-state index contributed by atoms with van der Waals surface area (Å²) >= 11 is 10.1. The summed E-state index contributed by atoms with van der Waals surface area (Å²) in [5.41, 5.74) is 0. The van der Waals surface area contributed by atoms with E-state index in [2.05, 4.69) is 6.17 Å². The smallest absolute Gasteiger partial charge is 0.118 e. The number of rotatable bonds is 0. The predicted octanol–water partition coefficient (Wildman–Crippen LogP) is 0.966. The van der Waals surface area contributed by atoms with Crippen LogP contribution in [0.25, 0.3) is 0 Å². The van der Waals surface area contributed by atoms with Crippen molar-refractivity contribution in [3.63, 3.8) is 0 Å². The van der Waals surface area contributed by atoms with Gasteiger partial charge >= 0.3 is 0 Å². The number of hydrogen-bond acceptors (Lipinski definition) is 0. The van der Waals surface area contributed by atoms with Crippen molar-refractivity contribution >= 4 is 35.4 Å². The van der Waals surface area contributed by atoms with Crippen LogP contribution in [0.2, 0.25) is 0 Å². The Balaban J connectivity index is 2.80. The second-order valence-corrected chi connectivity index (χ2v) is 4.33. The van der Waals surface area contributed by atoms with Crippen LogP contribution in [0.5, 0.6) is 0 Å². The van der Waals surface area contributed by atoms with E-state index in [1.165, 1.54) is 0 Å². The molecular weight excluding hydrogens is 111 g/mol. The Bertz CT molecular complexity index is 29.0. The molecule has 0 rings (SSSR count). The van der Waals surface area contributed by atoms with Gasteiger partial charge in [0, 0.05) is 0 Å². The highest BCUT2D eigenvalue weighted by Gasteiger charge is 1.65. The summed E-state index contributed by atoms with van der Waals surface area (Å²) in [5, 5.41) is 0. The molecule has 0 N–H and O–H groups in total. The molecule has 0 amide bonds. The highest BCUT2D eigenvalue weighted by atomic mass is 35.7. The highest BCUT2D eigenvalue weighted by Crippen LogP contribution is 1.75. The van der Waals surface area contributed by atoms with Crippen LogP contribution in [0, 0.1) is 0 Å². The fourth-order valence-corrected chi connectivity index (χ4v) is 0.